The van der Waals surface area contributed by atoms with E-state index in [4.69, 9.17) is 0 Å². The van der Waals surface area contributed by atoms with Crippen molar-refractivity contribution in [3.05, 3.63) is 35.9 Å². The fraction of sp³-hybridized carbons (Fsp3) is 0.429. The number of nitrogens with one attached hydrogen (secondary N) is 3. The molecule has 5 nitrogen and oxygen atoms in total. The number of hydrogen-bond donors (Lipinski definition) is 3. The van der Waals surface area contributed by atoms with Crippen molar-refractivity contribution in [2.75, 3.05) is 6.54 Å². The molecule has 0 unspecified atom stereocenters. The van der Waals surface area contributed by atoms with Crippen LogP contribution in [0.25, 0.3) is 0 Å². The van der Waals surface area contributed by atoms with Crippen LogP contribution in [-0.4, -0.2) is 24.5 Å². The molecule has 104 valence electrons. The Morgan fingerprint density at radius 1 is 1.11 bits per heavy atom. The highest BCUT2D eigenvalue weighted by Gasteiger charge is 2.10. The molecule has 0 fully saturated rings. The molecule has 3 amide bonds. The molecule has 0 spiro atoms. The summed E-state index contributed by atoms with van der Waals surface area (Å²) in [6.07, 6.45) is 0. The lowest BCUT2D eigenvalue weighted by Gasteiger charge is -2.14. The van der Waals surface area contributed by atoms with E-state index in [1.165, 1.54) is 0 Å². The highest BCUT2D eigenvalue weighted by Crippen LogP contribution is 2.10. The molecule has 0 aliphatic heterocycles. The summed E-state index contributed by atoms with van der Waals surface area (Å²) in [6, 6.07) is 9.41. The minimum Gasteiger partial charge on any atom is -0.336 e. The molecule has 0 heterocycles. The lowest BCUT2D eigenvalue weighted by Crippen LogP contribution is -2.45. The van der Waals surface area contributed by atoms with E-state index in [-0.39, 0.29) is 24.5 Å². The third kappa shape index (κ3) is 6.01. The van der Waals surface area contributed by atoms with Gasteiger partial charge in [-0.1, -0.05) is 30.3 Å². The van der Waals surface area contributed by atoms with E-state index in [1.54, 1.807) is 0 Å². The molecule has 0 saturated carbocycles. The summed E-state index contributed by atoms with van der Waals surface area (Å²) >= 11 is 0. The minimum atomic E-state index is -0.464. The molecule has 0 saturated heterocycles. The van der Waals surface area contributed by atoms with Gasteiger partial charge in [0.1, 0.15) is 0 Å². The van der Waals surface area contributed by atoms with Crippen LogP contribution in [-0.2, 0) is 4.79 Å². The standard InChI is InChI=1S/C14H21N3O2/c1-10(2)16-14(19)17-13(18)9-15-11(3)12-7-5-4-6-8-12/h4-8,10-11,15H,9H2,1-3H3,(H2,16,17,18,19)/t11-/m0/s1. The second-order valence-corrected chi connectivity index (χ2v) is 4.69. The number of rotatable bonds is 5. The minimum absolute atomic E-state index is 0.00371. The molecule has 19 heavy (non-hydrogen) atoms. The van der Waals surface area contributed by atoms with Gasteiger partial charge >= 0.3 is 6.03 Å². The summed E-state index contributed by atoms with van der Waals surface area (Å²) in [7, 11) is 0. The first-order chi connectivity index (χ1) is 8.99. The summed E-state index contributed by atoms with van der Waals surface area (Å²) in [5, 5.41) is 7.93. The Morgan fingerprint density at radius 2 is 1.74 bits per heavy atom. The van der Waals surface area contributed by atoms with E-state index >= 15 is 0 Å². The van der Waals surface area contributed by atoms with E-state index in [0.29, 0.717) is 0 Å². The third-order valence-corrected chi connectivity index (χ3v) is 2.54. The lowest BCUT2D eigenvalue weighted by molar-refractivity contribution is -0.119. The van der Waals surface area contributed by atoms with Crippen LogP contribution in [0.2, 0.25) is 0 Å². The van der Waals surface area contributed by atoms with Crippen molar-refractivity contribution >= 4 is 11.9 Å². The number of hydrogen-bond acceptors (Lipinski definition) is 3. The molecular formula is C14H21N3O2. The lowest BCUT2D eigenvalue weighted by atomic mass is 10.1. The third-order valence-electron chi connectivity index (χ3n) is 2.54. The van der Waals surface area contributed by atoms with Crippen molar-refractivity contribution in [1.82, 2.24) is 16.0 Å². The summed E-state index contributed by atoms with van der Waals surface area (Å²) in [5.41, 5.74) is 1.10. The van der Waals surface area contributed by atoms with Gasteiger partial charge in [0.05, 0.1) is 6.54 Å². The second kappa shape index (κ2) is 7.53. The van der Waals surface area contributed by atoms with Crippen molar-refractivity contribution in [1.29, 1.82) is 0 Å². The first kappa shape index (κ1) is 15.2. The number of imide groups is 1. The van der Waals surface area contributed by atoms with Crippen molar-refractivity contribution in [2.45, 2.75) is 32.9 Å². The number of carbonyl (C=O) groups excluding carboxylic acids is 2. The largest absolute Gasteiger partial charge is 0.336 e. The number of urea groups is 1. The topological polar surface area (TPSA) is 70.2 Å². The van der Waals surface area contributed by atoms with Crippen LogP contribution in [0.4, 0.5) is 4.79 Å². The smallest absolute Gasteiger partial charge is 0.321 e. The van der Waals surface area contributed by atoms with E-state index in [0.717, 1.165) is 5.56 Å². The Hall–Kier alpha value is -1.88. The molecule has 1 atom stereocenters. The van der Waals surface area contributed by atoms with Crippen molar-refractivity contribution < 1.29 is 9.59 Å². The van der Waals surface area contributed by atoms with Gasteiger partial charge < -0.3 is 10.6 Å². The summed E-state index contributed by atoms with van der Waals surface area (Å²) in [5.74, 6) is -0.346. The fourth-order valence-corrected chi connectivity index (χ4v) is 1.57. The van der Waals surface area contributed by atoms with Crippen LogP contribution in [0.1, 0.15) is 32.4 Å². The van der Waals surface area contributed by atoms with E-state index in [1.807, 2.05) is 51.1 Å². The predicted octanol–water partition coefficient (Wildman–Crippen LogP) is 1.57. The van der Waals surface area contributed by atoms with Gasteiger partial charge in [-0.3, -0.25) is 10.1 Å². The highest BCUT2D eigenvalue weighted by molar-refractivity contribution is 5.95. The SMILES string of the molecule is CC(C)NC(=O)NC(=O)CN[C@@H](C)c1ccccc1. The average Bonchev–Trinajstić information content (AvgIpc) is 2.36. The monoisotopic (exact) mass is 263 g/mol. The molecule has 1 aromatic carbocycles. The molecule has 1 aromatic rings. The van der Waals surface area contributed by atoms with Crippen LogP contribution in [0.15, 0.2) is 30.3 Å². The second-order valence-electron chi connectivity index (χ2n) is 4.69. The molecule has 0 bridgehead atoms. The van der Waals surface area contributed by atoms with E-state index in [9.17, 15) is 9.59 Å². The van der Waals surface area contributed by atoms with E-state index < -0.39 is 6.03 Å². The first-order valence-corrected chi connectivity index (χ1v) is 6.37. The Morgan fingerprint density at radius 3 is 2.32 bits per heavy atom. The quantitative estimate of drug-likeness (QED) is 0.755. The molecular weight excluding hydrogens is 242 g/mol. The Labute approximate surface area is 113 Å². The fourth-order valence-electron chi connectivity index (χ4n) is 1.57. The van der Waals surface area contributed by atoms with E-state index in [2.05, 4.69) is 16.0 Å². The highest BCUT2D eigenvalue weighted by atomic mass is 16.2. The number of amides is 3. The van der Waals surface area contributed by atoms with Crippen LogP contribution in [0.3, 0.4) is 0 Å². The van der Waals surface area contributed by atoms with Gasteiger partial charge in [0.2, 0.25) is 5.91 Å². The molecule has 5 heteroatoms. The van der Waals surface area contributed by atoms with Crippen LogP contribution in [0.5, 0.6) is 0 Å². The summed E-state index contributed by atoms with van der Waals surface area (Å²) in [6.45, 7) is 5.73. The van der Waals surface area contributed by atoms with Gasteiger partial charge in [-0.25, -0.2) is 4.79 Å². The van der Waals surface area contributed by atoms with Crippen LogP contribution < -0.4 is 16.0 Å². The first-order valence-electron chi connectivity index (χ1n) is 6.37. The molecule has 0 aliphatic rings. The number of carbonyl (C=O) groups is 2. The zero-order chi connectivity index (χ0) is 14.3. The Bertz CT molecular complexity index is 418. The van der Waals surface area contributed by atoms with Crippen molar-refractivity contribution in [3.63, 3.8) is 0 Å². The molecule has 0 radical (unpaired) electrons. The molecule has 0 aliphatic carbocycles. The molecule has 1 rings (SSSR count). The van der Waals surface area contributed by atoms with Gasteiger partial charge in [0.25, 0.3) is 0 Å². The van der Waals surface area contributed by atoms with Crippen molar-refractivity contribution in [3.8, 4) is 0 Å². The maximum atomic E-state index is 11.5. The van der Waals surface area contributed by atoms with Gasteiger partial charge in [0.15, 0.2) is 0 Å². The van der Waals surface area contributed by atoms with Gasteiger partial charge in [-0.05, 0) is 26.3 Å². The molecule has 0 aromatic heterocycles. The van der Waals surface area contributed by atoms with Crippen LogP contribution >= 0.6 is 0 Å². The maximum Gasteiger partial charge on any atom is 0.321 e. The average molecular weight is 263 g/mol. The van der Waals surface area contributed by atoms with Gasteiger partial charge in [0, 0.05) is 12.1 Å². The normalized spacial score (nSPS) is 12.0. The molecule has 3 N–H and O–H groups in total. The summed E-state index contributed by atoms with van der Waals surface area (Å²) < 4.78 is 0. The zero-order valence-electron chi connectivity index (χ0n) is 11.6. The van der Waals surface area contributed by atoms with Gasteiger partial charge in [-0.2, -0.15) is 0 Å². The Kier molecular flexibility index (Phi) is 6.02. The maximum absolute atomic E-state index is 11.5. The number of benzene rings is 1. The Balaban J connectivity index is 2.32. The zero-order valence-corrected chi connectivity index (χ0v) is 11.6. The van der Waals surface area contributed by atoms with Crippen molar-refractivity contribution in [2.24, 2.45) is 0 Å². The predicted molar refractivity (Wildman–Crippen MR) is 74.7 cm³/mol. The van der Waals surface area contributed by atoms with Gasteiger partial charge in [-0.15, -0.1) is 0 Å². The summed E-state index contributed by atoms with van der Waals surface area (Å²) in [4.78, 5) is 22.8. The van der Waals surface area contributed by atoms with Crippen LogP contribution in [0, 0.1) is 0 Å².